The fraction of sp³-hybridized carbons (Fsp3) is 0.364. The molecular weight excluding hydrogens is 190 g/mol. The number of hydrogen-bond donors (Lipinski definition) is 1. The van der Waals surface area contributed by atoms with Crippen molar-refractivity contribution in [2.24, 2.45) is 0 Å². The van der Waals surface area contributed by atoms with E-state index < -0.39 is 0 Å². The van der Waals surface area contributed by atoms with E-state index >= 15 is 0 Å². The number of rotatable bonds is 3. The molecule has 1 unspecified atom stereocenters. The second kappa shape index (κ2) is 3.81. The summed E-state index contributed by atoms with van der Waals surface area (Å²) in [4.78, 5) is 0. The van der Waals surface area contributed by atoms with Crippen molar-refractivity contribution in [3.63, 3.8) is 0 Å². The second-order valence-corrected chi connectivity index (χ2v) is 3.63. The van der Waals surface area contributed by atoms with Gasteiger partial charge in [-0.3, -0.25) is 0 Å². The summed E-state index contributed by atoms with van der Waals surface area (Å²) in [5.41, 5.74) is 6.67. The largest absolute Gasteiger partial charge is 0.463 e. The van der Waals surface area contributed by atoms with Gasteiger partial charge in [-0.15, -0.1) is 0 Å². The van der Waals surface area contributed by atoms with Gasteiger partial charge >= 0.3 is 0 Å². The first-order valence-electron chi connectivity index (χ1n) is 5.11. The Morgan fingerprint density at radius 3 is 3.00 bits per heavy atom. The molecule has 0 bridgehead atoms. The van der Waals surface area contributed by atoms with Crippen LogP contribution in [0, 0.1) is 0 Å². The smallest absolute Gasteiger partial charge is 0.154 e. The first-order chi connectivity index (χ1) is 7.22. The summed E-state index contributed by atoms with van der Waals surface area (Å²) in [6, 6.07) is 5.87. The van der Waals surface area contributed by atoms with Crippen LogP contribution in [0.5, 0.6) is 0 Å². The normalized spacial score (nSPS) is 12.9. The zero-order valence-corrected chi connectivity index (χ0v) is 8.97. The molecule has 4 nitrogen and oxygen atoms in total. The van der Waals surface area contributed by atoms with Crippen molar-refractivity contribution >= 4 is 5.82 Å². The molecule has 0 saturated carbocycles. The van der Waals surface area contributed by atoms with Crippen LogP contribution in [0.4, 0.5) is 5.82 Å². The number of aromatic nitrogens is 2. The van der Waals surface area contributed by atoms with Gasteiger partial charge in [0.05, 0.1) is 12.3 Å². The lowest BCUT2D eigenvalue weighted by Gasteiger charge is -2.10. The van der Waals surface area contributed by atoms with Crippen LogP contribution in [0.25, 0.3) is 11.5 Å². The molecule has 0 saturated heterocycles. The molecule has 0 aliphatic rings. The minimum Gasteiger partial charge on any atom is -0.463 e. The molecule has 4 heteroatoms. The molecule has 0 fully saturated rings. The molecular formula is C11H15N3O. The van der Waals surface area contributed by atoms with Crippen LogP contribution in [0.3, 0.4) is 0 Å². The van der Waals surface area contributed by atoms with Gasteiger partial charge in [0.15, 0.2) is 5.76 Å². The van der Waals surface area contributed by atoms with Crippen LogP contribution >= 0.6 is 0 Å². The van der Waals surface area contributed by atoms with Gasteiger partial charge in [0.25, 0.3) is 0 Å². The van der Waals surface area contributed by atoms with E-state index in [1.807, 2.05) is 22.9 Å². The molecule has 0 aliphatic heterocycles. The van der Waals surface area contributed by atoms with Gasteiger partial charge in [-0.1, -0.05) is 6.92 Å². The highest BCUT2D eigenvalue weighted by molar-refractivity contribution is 5.56. The summed E-state index contributed by atoms with van der Waals surface area (Å²) in [7, 11) is 0. The van der Waals surface area contributed by atoms with E-state index in [0.717, 1.165) is 17.9 Å². The van der Waals surface area contributed by atoms with Crippen LogP contribution in [-0.2, 0) is 0 Å². The highest BCUT2D eigenvalue weighted by atomic mass is 16.3. The Morgan fingerprint density at radius 2 is 2.40 bits per heavy atom. The number of anilines is 1. The predicted molar refractivity (Wildman–Crippen MR) is 59.3 cm³/mol. The maximum Gasteiger partial charge on any atom is 0.154 e. The molecule has 0 aliphatic carbocycles. The van der Waals surface area contributed by atoms with Gasteiger partial charge in [0.2, 0.25) is 0 Å². The van der Waals surface area contributed by atoms with Gasteiger partial charge < -0.3 is 10.2 Å². The van der Waals surface area contributed by atoms with E-state index in [-0.39, 0.29) is 0 Å². The molecule has 1 atom stereocenters. The van der Waals surface area contributed by atoms with Gasteiger partial charge in [-0.25, -0.2) is 4.68 Å². The summed E-state index contributed by atoms with van der Waals surface area (Å²) < 4.78 is 7.10. The number of nitrogens with zero attached hydrogens (tertiary/aromatic N) is 2. The topological polar surface area (TPSA) is 57.0 Å². The van der Waals surface area contributed by atoms with Gasteiger partial charge in [-0.05, 0) is 25.5 Å². The lowest BCUT2D eigenvalue weighted by molar-refractivity contribution is 0.483. The highest BCUT2D eigenvalue weighted by Gasteiger charge is 2.12. The zero-order chi connectivity index (χ0) is 10.8. The average molecular weight is 205 g/mol. The van der Waals surface area contributed by atoms with Crippen LogP contribution in [0.1, 0.15) is 26.3 Å². The Morgan fingerprint density at radius 1 is 1.60 bits per heavy atom. The summed E-state index contributed by atoms with van der Waals surface area (Å²) in [6.45, 7) is 4.20. The van der Waals surface area contributed by atoms with Crippen LogP contribution < -0.4 is 5.73 Å². The molecule has 2 N–H and O–H groups in total. The molecule has 2 heterocycles. The van der Waals surface area contributed by atoms with Crippen molar-refractivity contribution in [3.05, 3.63) is 24.5 Å². The lowest BCUT2D eigenvalue weighted by Crippen LogP contribution is -2.08. The molecule has 0 aromatic carbocycles. The number of hydrogen-bond acceptors (Lipinski definition) is 3. The van der Waals surface area contributed by atoms with E-state index in [1.54, 1.807) is 6.26 Å². The Labute approximate surface area is 88.7 Å². The molecule has 2 rings (SSSR count). The summed E-state index contributed by atoms with van der Waals surface area (Å²) in [5.74, 6) is 1.43. The van der Waals surface area contributed by atoms with Crippen molar-refractivity contribution in [1.82, 2.24) is 9.78 Å². The van der Waals surface area contributed by atoms with Gasteiger partial charge in [0.1, 0.15) is 11.5 Å². The summed E-state index contributed by atoms with van der Waals surface area (Å²) in [6.07, 6.45) is 2.64. The third-order valence-corrected chi connectivity index (χ3v) is 2.55. The second-order valence-electron chi connectivity index (χ2n) is 3.63. The SMILES string of the molecule is CCC(C)n1nc(-c2ccco2)cc1N. The van der Waals surface area contributed by atoms with Crippen molar-refractivity contribution in [2.45, 2.75) is 26.3 Å². The number of nitrogens with two attached hydrogens (primary N) is 1. The Bertz CT molecular complexity index is 431. The molecule has 2 aromatic rings. The molecule has 2 aromatic heterocycles. The molecule has 0 radical (unpaired) electrons. The average Bonchev–Trinajstić information content (AvgIpc) is 2.84. The molecule has 0 spiro atoms. The fourth-order valence-electron chi connectivity index (χ4n) is 1.48. The van der Waals surface area contributed by atoms with E-state index in [9.17, 15) is 0 Å². The summed E-state index contributed by atoms with van der Waals surface area (Å²) >= 11 is 0. The summed E-state index contributed by atoms with van der Waals surface area (Å²) in [5, 5.41) is 4.42. The quantitative estimate of drug-likeness (QED) is 0.838. The van der Waals surface area contributed by atoms with E-state index in [1.165, 1.54) is 0 Å². The van der Waals surface area contributed by atoms with Gasteiger partial charge in [-0.2, -0.15) is 5.10 Å². The maximum absolute atomic E-state index is 5.88. The lowest BCUT2D eigenvalue weighted by atomic mass is 10.3. The van der Waals surface area contributed by atoms with Gasteiger partial charge in [0, 0.05) is 6.07 Å². The maximum atomic E-state index is 5.88. The van der Waals surface area contributed by atoms with E-state index in [0.29, 0.717) is 11.9 Å². The van der Waals surface area contributed by atoms with E-state index in [4.69, 9.17) is 10.2 Å². The van der Waals surface area contributed by atoms with Crippen LogP contribution in [0.15, 0.2) is 28.9 Å². The molecule has 80 valence electrons. The van der Waals surface area contributed by atoms with E-state index in [2.05, 4.69) is 18.9 Å². The van der Waals surface area contributed by atoms with Crippen molar-refractivity contribution in [2.75, 3.05) is 5.73 Å². The van der Waals surface area contributed by atoms with Crippen molar-refractivity contribution in [3.8, 4) is 11.5 Å². The first kappa shape index (κ1) is 9.83. The predicted octanol–water partition coefficient (Wildman–Crippen LogP) is 2.70. The minimum absolute atomic E-state index is 0.314. The first-order valence-corrected chi connectivity index (χ1v) is 5.11. The Kier molecular flexibility index (Phi) is 2.49. The van der Waals surface area contributed by atoms with Crippen molar-refractivity contribution < 1.29 is 4.42 Å². The molecule has 15 heavy (non-hydrogen) atoms. The highest BCUT2D eigenvalue weighted by Crippen LogP contribution is 2.23. The third kappa shape index (κ3) is 1.75. The van der Waals surface area contributed by atoms with Crippen LogP contribution in [0.2, 0.25) is 0 Å². The minimum atomic E-state index is 0.314. The van der Waals surface area contributed by atoms with Crippen LogP contribution in [-0.4, -0.2) is 9.78 Å². The third-order valence-electron chi connectivity index (χ3n) is 2.55. The van der Waals surface area contributed by atoms with Crippen molar-refractivity contribution in [1.29, 1.82) is 0 Å². The Hall–Kier alpha value is -1.71. The molecule has 0 amide bonds. The monoisotopic (exact) mass is 205 g/mol. The number of nitrogen functional groups attached to an aromatic ring is 1. The number of furan rings is 1. The standard InChI is InChI=1S/C11H15N3O/c1-3-8(2)14-11(12)7-9(13-14)10-5-4-6-15-10/h4-8H,3,12H2,1-2H3. The zero-order valence-electron chi connectivity index (χ0n) is 8.97. The Balaban J connectivity index is 2.37. The fourth-order valence-corrected chi connectivity index (χ4v) is 1.48.